The monoisotopic (exact) mass is 434 g/mol. The summed E-state index contributed by atoms with van der Waals surface area (Å²) in [5, 5.41) is 21.9. The van der Waals surface area contributed by atoms with E-state index in [1.54, 1.807) is 11.5 Å². The number of furan rings is 1. The number of nitrogens with zero attached hydrogens (tertiary/aromatic N) is 4. The Morgan fingerprint density at radius 1 is 1.03 bits per heavy atom. The topological polar surface area (TPSA) is 105 Å². The van der Waals surface area contributed by atoms with Crippen LogP contribution in [0.15, 0.2) is 75.6 Å². The van der Waals surface area contributed by atoms with E-state index in [0.717, 1.165) is 11.3 Å². The van der Waals surface area contributed by atoms with Crippen LogP contribution in [0.5, 0.6) is 11.5 Å². The smallest absolute Gasteiger partial charge is 0.433 e. The highest BCUT2D eigenvalue weighted by atomic mass is 32.2. The van der Waals surface area contributed by atoms with Crippen LogP contribution in [-0.4, -0.2) is 26.5 Å². The summed E-state index contributed by atoms with van der Waals surface area (Å²) < 4.78 is 18.0. The van der Waals surface area contributed by atoms with Gasteiger partial charge in [0.1, 0.15) is 10.7 Å². The third kappa shape index (κ3) is 3.76. The van der Waals surface area contributed by atoms with Gasteiger partial charge in [-0.3, -0.25) is 14.7 Å². The maximum atomic E-state index is 10.8. The Morgan fingerprint density at radius 3 is 2.68 bits per heavy atom. The Bertz CT molecular complexity index is 1280. The molecule has 4 aromatic rings. The van der Waals surface area contributed by atoms with Crippen LogP contribution in [0.25, 0.3) is 23.2 Å². The van der Waals surface area contributed by atoms with Crippen LogP contribution in [0.4, 0.5) is 5.88 Å². The number of benzene rings is 2. The molecule has 10 heteroatoms. The third-order valence-corrected chi connectivity index (χ3v) is 5.22. The fraction of sp³-hybridized carbons (Fsp3) is 0.0476. The number of nitro groups is 1. The van der Waals surface area contributed by atoms with Crippen LogP contribution in [0.3, 0.4) is 0 Å². The molecule has 0 bridgehead atoms. The van der Waals surface area contributed by atoms with Gasteiger partial charge in [-0.05, 0) is 47.9 Å². The van der Waals surface area contributed by atoms with E-state index in [2.05, 4.69) is 10.2 Å². The maximum Gasteiger partial charge on any atom is 0.433 e. The standard InChI is InChI=1S/C21H14N4O5S/c26-25(27)19-9-7-16(30-19)10-11-31-21-23-22-20(24(21)15-4-2-1-3-5-15)14-6-8-17-18(12-14)29-13-28-17/h1-12H,13H2/b11-10+. The summed E-state index contributed by atoms with van der Waals surface area (Å²) in [4.78, 5) is 10.2. The highest BCUT2D eigenvalue weighted by molar-refractivity contribution is 8.02. The molecule has 0 saturated heterocycles. The predicted molar refractivity (Wildman–Crippen MR) is 113 cm³/mol. The number of aromatic nitrogens is 3. The number of fused-ring (bicyclic) bond motifs is 1. The molecule has 2 aromatic heterocycles. The van der Waals surface area contributed by atoms with Gasteiger partial charge in [-0.2, -0.15) is 0 Å². The number of rotatable bonds is 6. The van der Waals surface area contributed by atoms with Gasteiger partial charge in [0.15, 0.2) is 22.5 Å². The van der Waals surface area contributed by atoms with Gasteiger partial charge in [0.2, 0.25) is 6.79 Å². The van der Waals surface area contributed by atoms with Crippen molar-refractivity contribution in [2.24, 2.45) is 0 Å². The molecule has 154 valence electrons. The molecule has 9 nitrogen and oxygen atoms in total. The van der Waals surface area contributed by atoms with Crippen LogP contribution < -0.4 is 9.47 Å². The Balaban J connectivity index is 1.49. The van der Waals surface area contributed by atoms with Gasteiger partial charge in [-0.15, -0.1) is 10.2 Å². The quantitative estimate of drug-likeness (QED) is 0.239. The van der Waals surface area contributed by atoms with Crippen molar-refractivity contribution >= 4 is 23.7 Å². The first-order chi connectivity index (χ1) is 15.2. The molecular formula is C21H14N4O5S. The van der Waals surface area contributed by atoms with Crippen molar-refractivity contribution in [1.29, 1.82) is 0 Å². The molecule has 0 atom stereocenters. The molecule has 5 rings (SSSR count). The van der Waals surface area contributed by atoms with E-state index in [-0.39, 0.29) is 12.7 Å². The summed E-state index contributed by atoms with van der Waals surface area (Å²) in [6, 6.07) is 18.2. The van der Waals surface area contributed by atoms with E-state index in [1.165, 1.54) is 23.9 Å². The van der Waals surface area contributed by atoms with E-state index in [9.17, 15) is 10.1 Å². The molecule has 0 saturated carbocycles. The number of thioether (sulfide) groups is 1. The van der Waals surface area contributed by atoms with Gasteiger partial charge in [0.25, 0.3) is 0 Å². The zero-order valence-electron chi connectivity index (χ0n) is 15.9. The first kappa shape index (κ1) is 18.9. The van der Waals surface area contributed by atoms with Crippen molar-refractivity contribution in [2.45, 2.75) is 5.16 Å². The van der Waals surface area contributed by atoms with Crippen molar-refractivity contribution in [3.8, 4) is 28.6 Å². The number of para-hydroxylation sites is 1. The molecule has 1 aliphatic rings. The van der Waals surface area contributed by atoms with E-state index in [1.807, 2.05) is 53.1 Å². The second-order valence-corrected chi connectivity index (χ2v) is 7.27. The van der Waals surface area contributed by atoms with Crippen LogP contribution in [0, 0.1) is 10.1 Å². The fourth-order valence-corrected chi connectivity index (χ4v) is 3.78. The summed E-state index contributed by atoms with van der Waals surface area (Å²) >= 11 is 1.32. The molecular weight excluding hydrogens is 420 g/mol. The first-order valence-corrected chi connectivity index (χ1v) is 10.1. The lowest BCUT2D eigenvalue weighted by molar-refractivity contribution is -0.402. The molecule has 0 amide bonds. The molecule has 3 heterocycles. The van der Waals surface area contributed by atoms with Crippen LogP contribution >= 0.6 is 11.8 Å². The summed E-state index contributed by atoms with van der Waals surface area (Å²) in [6.07, 6.45) is 1.64. The highest BCUT2D eigenvalue weighted by Crippen LogP contribution is 2.37. The number of ether oxygens (including phenoxy) is 2. The van der Waals surface area contributed by atoms with Gasteiger partial charge >= 0.3 is 5.88 Å². The number of hydrogen-bond acceptors (Lipinski definition) is 8. The lowest BCUT2D eigenvalue weighted by Crippen LogP contribution is -1.99. The van der Waals surface area contributed by atoms with E-state index < -0.39 is 4.92 Å². The van der Waals surface area contributed by atoms with E-state index >= 15 is 0 Å². The zero-order valence-corrected chi connectivity index (χ0v) is 16.7. The maximum absolute atomic E-state index is 10.8. The SMILES string of the molecule is O=[N+]([O-])c1ccc(/C=C/Sc2nnc(-c3ccc4c(c3)OCO4)n2-c2ccccc2)o1. The number of hydrogen-bond donors (Lipinski definition) is 0. The van der Waals surface area contributed by atoms with Crippen LogP contribution in [0.1, 0.15) is 5.76 Å². The van der Waals surface area contributed by atoms with E-state index in [0.29, 0.717) is 28.2 Å². The zero-order chi connectivity index (χ0) is 21.2. The molecule has 0 aliphatic carbocycles. The predicted octanol–water partition coefficient (Wildman–Crippen LogP) is 4.93. The normalized spacial score (nSPS) is 12.5. The molecule has 0 spiro atoms. The lowest BCUT2D eigenvalue weighted by Gasteiger charge is -2.09. The highest BCUT2D eigenvalue weighted by Gasteiger charge is 2.19. The molecule has 0 unspecified atom stereocenters. The first-order valence-electron chi connectivity index (χ1n) is 9.17. The lowest BCUT2D eigenvalue weighted by atomic mass is 10.2. The summed E-state index contributed by atoms with van der Waals surface area (Å²) in [7, 11) is 0. The van der Waals surface area contributed by atoms with Crippen molar-refractivity contribution in [3.63, 3.8) is 0 Å². The van der Waals surface area contributed by atoms with E-state index in [4.69, 9.17) is 13.9 Å². The molecule has 2 aromatic carbocycles. The minimum Gasteiger partial charge on any atom is -0.454 e. The molecule has 31 heavy (non-hydrogen) atoms. The van der Waals surface area contributed by atoms with Crippen molar-refractivity contribution in [3.05, 3.63) is 81.9 Å². The largest absolute Gasteiger partial charge is 0.454 e. The summed E-state index contributed by atoms with van der Waals surface area (Å²) in [5.74, 6) is 2.07. The van der Waals surface area contributed by atoms with Gasteiger partial charge in [-0.1, -0.05) is 30.0 Å². The Hall–Kier alpha value is -4.05. The second kappa shape index (κ2) is 8.00. The third-order valence-electron chi connectivity index (χ3n) is 4.48. The minimum atomic E-state index is -0.575. The van der Waals surface area contributed by atoms with Crippen LogP contribution in [-0.2, 0) is 0 Å². The van der Waals surface area contributed by atoms with Gasteiger partial charge in [0, 0.05) is 11.3 Å². The van der Waals surface area contributed by atoms with Crippen molar-refractivity contribution in [1.82, 2.24) is 14.8 Å². The van der Waals surface area contributed by atoms with Gasteiger partial charge in [-0.25, -0.2) is 0 Å². The van der Waals surface area contributed by atoms with Crippen molar-refractivity contribution < 1.29 is 18.8 Å². The fourth-order valence-electron chi connectivity index (χ4n) is 3.07. The average molecular weight is 434 g/mol. The Morgan fingerprint density at radius 2 is 1.87 bits per heavy atom. The Kier molecular flexibility index (Phi) is 4.89. The van der Waals surface area contributed by atoms with Gasteiger partial charge in [0.05, 0.1) is 6.07 Å². The second-order valence-electron chi connectivity index (χ2n) is 6.40. The van der Waals surface area contributed by atoms with Crippen LogP contribution in [0.2, 0.25) is 0 Å². The molecule has 0 N–H and O–H groups in total. The summed E-state index contributed by atoms with van der Waals surface area (Å²) in [5.41, 5.74) is 1.72. The average Bonchev–Trinajstić information content (AvgIpc) is 3.53. The summed E-state index contributed by atoms with van der Waals surface area (Å²) in [6.45, 7) is 0.195. The van der Waals surface area contributed by atoms with Gasteiger partial charge < -0.3 is 13.9 Å². The molecule has 1 aliphatic heterocycles. The van der Waals surface area contributed by atoms with Crippen molar-refractivity contribution in [2.75, 3.05) is 6.79 Å². The Labute approximate surface area is 180 Å². The molecule has 0 fully saturated rings. The molecule has 0 radical (unpaired) electrons. The minimum absolute atomic E-state index is 0.195.